The number of imide groups is 2. The maximum Gasteiger partial charge on any atom is 0.328 e. The molecule has 0 bridgehead atoms. The summed E-state index contributed by atoms with van der Waals surface area (Å²) in [7, 11) is 0. The molecule has 10 amide bonds. The summed E-state index contributed by atoms with van der Waals surface area (Å²) >= 11 is 0. The maximum atomic E-state index is 12.4. The van der Waals surface area contributed by atoms with Gasteiger partial charge in [-0.05, 0) is 0 Å². The van der Waals surface area contributed by atoms with Gasteiger partial charge in [0, 0.05) is 0 Å². The Hall–Kier alpha value is -3.66. The lowest BCUT2D eigenvalue weighted by molar-refractivity contribution is -0.137. The molecule has 2 aliphatic rings. The molecule has 148 valence electrons. The van der Waals surface area contributed by atoms with Crippen molar-refractivity contribution in [2.24, 2.45) is 5.73 Å². The fraction of sp³-hybridized carbons (Fsp3) is 0.455. The average molecular weight is 388 g/mol. The second-order valence-electron chi connectivity index (χ2n) is 5.13. The minimum absolute atomic E-state index is 0.359. The third kappa shape index (κ3) is 3.65. The Morgan fingerprint density at radius 2 is 1.41 bits per heavy atom. The number of nitrogens with two attached hydrogens (primary N) is 1. The second-order valence-corrected chi connectivity index (χ2v) is 5.13. The highest BCUT2D eigenvalue weighted by Crippen LogP contribution is 2.17. The van der Waals surface area contributed by atoms with Crippen molar-refractivity contribution >= 4 is 35.9 Å². The van der Waals surface area contributed by atoms with Crippen LogP contribution >= 0.6 is 0 Å². The van der Waals surface area contributed by atoms with E-state index in [1.165, 1.54) is 0 Å². The standard InChI is InChI=1S/C11H16N8O8/c12-8(24)13-1-14-9(25)19(4-6(22)17(2-20)10(26)15-4)5-7(23)18(3-21)11(27)16-5/h4-5,20-21H,1-3H2,(H,14,25)(H,15,26)(H,16,27)(H3,12,13,24). The van der Waals surface area contributed by atoms with Crippen molar-refractivity contribution in [3.8, 4) is 0 Å². The van der Waals surface area contributed by atoms with Crippen molar-refractivity contribution in [3.05, 3.63) is 0 Å². The number of carbonyl (C=O) groups excluding carboxylic acids is 6. The summed E-state index contributed by atoms with van der Waals surface area (Å²) in [5.74, 6) is -2.16. The van der Waals surface area contributed by atoms with Crippen LogP contribution < -0.4 is 27.0 Å². The van der Waals surface area contributed by atoms with Crippen LogP contribution in [0.4, 0.5) is 19.2 Å². The summed E-state index contributed by atoms with van der Waals surface area (Å²) < 4.78 is 0. The Morgan fingerprint density at radius 3 is 1.74 bits per heavy atom. The molecule has 2 saturated heterocycles. The SMILES string of the molecule is NC(=O)NCNC(=O)N(C1NC(=O)N(CO)C1=O)C1NC(=O)N(CO)C1=O. The monoisotopic (exact) mass is 388 g/mol. The van der Waals surface area contributed by atoms with Gasteiger partial charge in [0.05, 0.1) is 6.67 Å². The van der Waals surface area contributed by atoms with Crippen LogP contribution in [0, 0.1) is 0 Å². The molecule has 2 rings (SSSR count). The van der Waals surface area contributed by atoms with Crippen molar-refractivity contribution in [2.45, 2.75) is 12.3 Å². The molecule has 0 saturated carbocycles. The highest BCUT2D eigenvalue weighted by molar-refractivity contribution is 6.08. The number of hydrogen-bond donors (Lipinski definition) is 7. The molecule has 2 aliphatic heterocycles. The van der Waals surface area contributed by atoms with Gasteiger partial charge in [-0.3, -0.25) is 14.5 Å². The average Bonchev–Trinajstić information content (AvgIpc) is 3.03. The van der Waals surface area contributed by atoms with Crippen LogP contribution in [-0.4, -0.2) is 93.3 Å². The van der Waals surface area contributed by atoms with Gasteiger partial charge >= 0.3 is 24.1 Å². The van der Waals surface area contributed by atoms with Crippen LogP contribution in [0.1, 0.15) is 0 Å². The normalized spacial score (nSPS) is 21.9. The number of rotatable bonds is 6. The van der Waals surface area contributed by atoms with Gasteiger partial charge in [0.15, 0.2) is 12.3 Å². The van der Waals surface area contributed by atoms with Crippen molar-refractivity contribution in [2.75, 3.05) is 20.1 Å². The van der Waals surface area contributed by atoms with E-state index >= 15 is 0 Å². The molecule has 2 fully saturated rings. The topological polar surface area (TPSA) is 227 Å². The minimum atomic E-state index is -1.76. The molecule has 16 nitrogen and oxygen atoms in total. The number of aliphatic hydroxyl groups is 2. The zero-order chi connectivity index (χ0) is 20.3. The van der Waals surface area contributed by atoms with E-state index in [1.807, 2.05) is 5.32 Å². The van der Waals surface area contributed by atoms with Crippen molar-refractivity contribution in [1.82, 2.24) is 36.0 Å². The number of nitrogens with zero attached hydrogens (tertiary/aromatic N) is 3. The van der Waals surface area contributed by atoms with Gasteiger partial charge in [-0.25, -0.2) is 29.0 Å². The van der Waals surface area contributed by atoms with Crippen LogP contribution in [0.3, 0.4) is 0 Å². The molecule has 16 heteroatoms. The van der Waals surface area contributed by atoms with Crippen LogP contribution in [0.15, 0.2) is 0 Å². The molecule has 2 unspecified atom stereocenters. The second kappa shape index (κ2) is 7.70. The zero-order valence-electron chi connectivity index (χ0n) is 13.5. The zero-order valence-corrected chi connectivity index (χ0v) is 13.5. The molecule has 0 radical (unpaired) electrons. The molecule has 0 aromatic heterocycles. The summed E-state index contributed by atoms with van der Waals surface area (Å²) in [6.07, 6.45) is -3.52. The van der Waals surface area contributed by atoms with E-state index in [-0.39, 0.29) is 0 Å². The lowest BCUT2D eigenvalue weighted by atomic mass is 10.3. The predicted octanol–water partition coefficient (Wildman–Crippen LogP) is -4.72. The Morgan fingerprint density at radius 1 is 0.963 bits per heavy atom. The first-order valence-electron chi connectivity index (χ1n) is 7.27. The molecule has 27 heavy (non-hydrogen) atoms. The minimum Gasteiger partial charge on any atom is -0.376 e. The summed E-state index contributed by atoms with van der Waals surface area (Å²) in [5.41, 5.74) is 4.85. The highest BCUT2D eigenvalue weighted by Gasteiger charge is 2.51. The molecule has 0 aromatic carbocycles. The fourth-order valence-corrected chi connectivity index (χ4v) is 2.34. The summed E-state index contributed by atoms with van der Waals surface area (Å²) in [6.45, 7) is -2.48. The smallest absolute Gasteiger partial charge is 0.328 e. The molecular weight excluding hydrogens is 372 g/mol. The quantitative estimate of drug-likeness (QED) is 0.172. The summed E-state index contributed by atoms with van der Waals surface area (Å²) in [4.78, 5) is 72.3. The largest absolute Gasteiger partial charge is 0.376 e. The molecule has 0 aliphatic carbocycles. The van der Waals surface area contributed by atoms with Crippen LogP contribution in [-0.2, 0) is 9.59 Å². The number of primary amides is 1. The van der Waals surface area contributed by atoms with Gasteiger partial charge in [-0.15, -0.1) is 0 Å². The van der Waals surface area contributed by atoms with Crippen molar-refractivity contribution in [3.63, 3.8) is 0 Å². The van der Waals surface area contributed by atoms with Crippen molar-refractivity contribution < 1.29 is 39.0 Å². The molecular formula is C11H16N8O8. The van der Waals surface area contributed by atoms with E-state index in [1.54, 1.807) is 0 Å². The van der Waals surface area contributed by atoms with Crippen LogP contribution in [0.2, 0.25) is 0 Å². The van der Waals surface area contributed by atoms with E-state index in [4.69, 9.17) is 15.9 Å². The summed E-state index contributed by atoms with van der Waals surface area (Å²) in [6, 6.07) is -4.22. The van der Waals surface area contributed by atoms with Gasteiger partial charge in [-0.1, -0.05) is 0 Å². The third-order valence-electron chi connectivity index (χ3n) is 3.59. The first-order chi connectivity index (χ1) is 12.7. The van der Waals surface area contributed by atoms with Gasteiger partial charge in [0.25, 0.3) is 11.8 Å². The Kier molecular flexibility index (Phi) is 5.61. The van der Waals surface area contributed by atoms with Gasteiger partial charge < -0.3 is 37.2 Å². The number of urea groups is 4. The van der Waals surface area contributed by atoms with E-state index in [0.717, 1.165) is 0 Å². The molecule has 2 heterocycles. The predicted molar refractivity (Wildman–Crippen MR) is 80.5 cm³/mol. The molecule has 0 aromatic rings. The number of carbonyl (C=O) groups is 6. The van der Waals surface area contributed by atoms with Crippen LogP contribution in [0.25, 0.3) is 0 Å². The van der Waals surface area contributed by atoms with E-state index in [2.05, 4.69) is 16.0 Å². The molecule has 8 N–H and O–H groups in total. The number of hydrogen-bond acceptors (Lipinski definition) is 8. The first-order valence-corrected chi connectivity index (χ1v) is 7.27. The Bertz CT molecular complexity index is 656. The number of amides is 10. The van der Waals surface area contributed by atoms with Gasteiger partial charge in [-0.2, -0.15) is 0 Å². The fourth-order valence-electron chi connectivity index (χ4n) is 2.34. The van der Waals surface area contributed by atoms with Crippen LogP contribution in [0.5, 0.6) is 0 Å². The maximum absolute atomic E-state index is 12.4. The van der Waals surface area contributed by atoms with Crippen molar-refractivity contribution in [1.29, 1.82) is 0 Å². The number of nitrogens with one attached hydrogen (secondary N) is 4. The molecule has 2 atom stereocenters. The van der Waals surface area contributed by atoms with E-state index in [9.17, 15) is 28.8 Å². The lowest BCUT2D eigenvalue weighted by Gasteiger charge is -2.30. The van der Waals surface area contributed by atoms with Gasteiger partial charge in [0.1, 0.15) is 13.5 Å². The van der Waals surface area contributed by atoms with E-state index < -0.39 is 68.4 Å². The van der Waals surface area contributed by atoms with Gasteiger partial charge in [0.2, 0.25) is 0 Å². The molecule has 0 spiro atoms. The first kappa shape index (κ1) is 19.7. The van der Waals surface area contributed by atoms with E-state index in [0.29, 0.717) is 14.7 Å². The Labute approximate surface area is 150 Å². The summed E-state index contributed by atoms with van der Waals surface area (Å²) in [5, 5.41) is 26.4. The number of aliphatic hydroxyl groups excluding tert-OH is 2. The lowest BCUT2D eigenvalue weighted by Crippen LogP contribution is -2.63. The highest BCUT2D eigenvalue weighted by atomic mass is 16.3. The Balaban J connectivity index is 2.29. The third-order valence-corrected chi connectivity index (χ3v) is 3.59.